The normalized spacial score (nSPS) is 13.3. The summed E-state index contributed by atoms with van der Waals surface area (Å²) in [5.41, 5.74) is 11.3. The lowest BCUT2D eigenvalue weighted by atomic mass is 9.31. The van der Waals surface area contributed by atoms with E-state index in [0.29, 0.717) is 0 Å². The van der Waals surface area contributed by atoms with E-state index in [1.165, 1.54) is 106 Å². The lowest BCUT2D eigenvalue weighted by molar-refractivity contribution is 1.48. The van der Waals surface area contributed by atoms with Crippen LogP contribution in [0.2, 0.25) is 0 Å². The molecule has 2 aliphatic heterocycles. The van der Waals surface area contributed by atoms with Crippen LogP contribution >= 0.6 is 22.7 Å². The van der Waals surface area contributed by atoms with E-state index >= 15 is 0 Å². The molecule has 7 aromatic carbocycles. The minimum absolute atomic E-state index is 0.224. The SMILES string of the molecule is Cc1cc2c3c(c1)-c1cc4c5ccccc5sc4c4cccc(c14)B3c1cccc3c1c-2cc1c2ccccc2sc31. The van der Waals surface area contributed by atoms with E-state index in [-0.39, 0.29) is 6.71 Å². The molecule has 0 saturated carbocycles. The molecule has 0 aliphatic carbocycles. The Balaban J connectivity index is 1.37. The van der Waals surface area contributed by atoms with Crippen molar-refractivity contribution in [3.05, 3.63) is 115 Å². The Kier molecular flexibility index (Phi) is 3.96. The third-order valence-electron chi connectivity index (χ3n) is 9.88. The number of hydrogen-bond acceptors (Lipinski definition) is 2. The zero-order valence-corrected chi connectivity index (χ0v) is 24.4. The quantitative estimate of drug-likeness (QED) is 0.161. The van der Waals surface area contributed by atoms with Gasteiger partial charge < -0.3 is 0 Å². The number of rotatable bonds is 0. The molecule has 2 aliphatic rings. The molecular weight excluding hydrogens is 543 g/mol. The molecule has 192 valence electrons. The number of thiophene rings is 2. The highest BCUT2D eigenvalue weighted by atomic mass is 32.1. The molecule has 0 bridgehead atoms. The van der Waals surface area contributed by atoms with E-state index in [9.17, 15) is 0 Å². The predicted octanol–water partition coefficient (Wildman–Crippen LogP) is 9.51. The first kappa shape index (κ1) is 22.2. The molecule has 3 heteroatoms. The molecule has 0 atom stereocenters. The first-order valence-corrected chi connectivity index (χ1v) is 16.3. The average molecular weight is 565 g/mol. The van der Waals surface area contributed by atoms with Crippen molar-refractivity contribution in [3.8, 4) is 22.3 Å². The Bertz CT molecular complexity index is 2520. The molecule has 4 heterocycles. The van der Waals surface area contributed by atoms with E-state index in [2.05, 4.69) is 116 Å². The molecule has 0 unspecified atom stereocenters. The highest BCUT2D eigenvalue weighted by Crippen LogP contribution is 2.47. The van der Waals surface area contributed by atoms with Gasteiger partial charge in [-0.05, 0) is 80.6 Å². The Hall–Kier alpha value is -4.44. The summed E-state index contributed by atoms with van der Waals surface area (Å²) in [5.74, 6) is 0. The Morgan fingerprint density at radius 3 is 1.45 bits per heavy atom. The second kappa shape index (κ2) is 7.49. The second-order valence-corrected chi connectivity index (χ2v) is 14.1. The molecule has 2 aromatic heterocycles. The van der Waals surface area contributed by atoms with Gasteiger partial charge in [0.15, 0.2) is 0 Å². The number of fused-ring (bicyclic) bond motifs is 12. The highest BCUT2D eigenvalue weighted by molar-refractivity contribution is 7.27. The van der Waals surface area contributed by atoms with Crippen LogP contribution in [0.15, 0.2) is 109 Å². The molecule has 0 fully saturated rings. The second-order valence-electron chi connectivity index (χ2n) is 12.0. The molecule has 0 N–H and O–H groups in total. The maximum absolute atomic E-state index is 2.51. The van der Waals surface area contributed by atoms with E-state index < -0.39 is 0 Å². The summed E-state index contributed by atoms with van der Waals surface area (Å²) in [6.45, 7) is 2.50. The fourth-order valence-corrected chi connectivity index (χ4v) is 10.7. The molecule has 42 heavy (non-hydrogen) atoms. The monoisotopic (exact) mass is 564 g/mol. The van der Waals surface area contributed by atoms with Crippen LogP contribution in [0.1, 0.15) is 5.56 Å². The summed E-state index contributed by atoms with van der Waals surface area (Å²) >= 11 is 3.88. The maximum Gasteiger partial charge on any atom is 0.244 e. The van der Waals surface area contributed by atoms with Crippen LogP contribution in [0.3, 0.4) is 0 Å². The predicted molar refractivity (Wildman–Crippen MR) is 187 cm³/mol. The zero-order valence-electron chi connectivity index (χ0n) is 22.8. The van der Waals surface area contributed by atoms with E-state index in [0.717, 1.165) is 0 Å². The molecule has 0 spiro atoms. The van der Waals surface area contributed by atoms with Crippen LogP contribution in [0.4, 0.5) is 0 Å². The summed E-state index contributed by atoms with van der Waals surface area (Å²) in [6, 6.07) is 41.9. The summed E-state index contributed by atoms with van der Waals surface area (Å²) in [4.78, 5) is 0. The smallest absolute Gasteiger partial charge is 0.135 e. The fourth-order valence-electron chi connectivity index (χ4n) is 8.31. The van der Waals surface area contributed by atoms with Gasteiger partial charge in [-0.3, -0.25) is 0 Å². The molecule has 0 saturated heterocycles. The van der Waals surface area contributed by atoms with Crippen LogP contribution in [0.25, 0.3) is 84.1 Å². The topological polar surface area (TPSA) is 0 Å². The first-order chi connectivity index (χ1) is 20.7. The molecular formula is C39H21BS2. The number of benzene rings is 7. The lowest BCUT2D eigenvalue weighted by Gasteiger charge is -2.34. The van der Waals surface area contributed by atoms with Gasteiger partial charge in [-0.2, -0.15) is 0 Å². The van der Waals surface area contributed by atoms with Crippen molar-refractivity contribution in [1.29, 1.82) is 0 Å². The molecule has 11 rings (SSSR count). The van der Waals surface area contributed by atoms with Crippen molar-refractivity contribution in [2.24, 2.45) is 0 Å². The van der Waals surface area contributed by atoms with Gasteiger partial charge in [0.05, 0.1) is 0 Å². The van der Waals surface area contributed by atoms with E-state index in [1.54, 1.807) is 0 Å². The van der Waals surface area contributed by atoms with Gasteiger partial charge in [0.1, 0.15) is 0 Å². The largest absolute Gasteiger partial charge is 0.244 e. The Labute approximate surface area is 250 Å². The van der Waals surface area contributed by atoms with Gasteiger partial charge in [0.25, 0.3) is 0 Å². The number of aryl methyl sites for hydroxylation is 1. The molecule has 9 aromatic rings. The Morgan fingerprint density at radius 2 is 0.929 bits per heavy atom. The third kappa shape index (κ3) is 2.53. The van der Waals surface area contributed by atoms with Crippen LogP contribution in [-0.2, 0) is 0 Å². The summed E-state index contributed by atoms with van der Waals surface area (Å²) in [6.07, 6.45) is 0. The fraction of sp³-hybridized carbons (Fsp3) is 0.0256. The summed E-state index contributed by atoms with van der Waals surface area (Å²) in [7, 11) is 0. The minimum atomic E-state index is 0.224. The standard InChI is InChI=1S/C39H21BS2/c1-20-16-27-25-18-29-21-8-2-4-14-33(21)41-38(29)23-10-6-12-31(35(23)25)40-32-13-7-11-24-36(32)26(28(17-20)37(27)40)19-30-22-9-3-5-15-34(22)42-39(24)30/h2-19H,1H3. The number of hydrogen-bond donors (Lipinski definition) is 0. The van der Waals surface area contributed by atoms with Crippen LogP contribution in [0.5, 0.6) is 0 Å². The van der Waals surface area contributed by atoms with Crippen molar-refractivity contribution in [2.45, 2.75) is 6.92 Å². The van der Waals surface area contributed by atoms with Gasteiger partial charge >= 0.3 is 0 Å². The first-order valence-electron chi connectivity index (χ1n) is 14.6. The van der Waals surface area contributed by atoms with Gasteiger partial charge in [-0.15, -0.1) is 22.7 Å². The highest BCUT2D eigenvalue weighted by Gasteiger charge is 2.39. The summed E-state index contributed by atoms with van der Waals surface area (Å²) < 4.78 is 5.56. The molecule has 0 amide bonds. The van der Waals surface area contributed by atoms with Gasteiger partial charge in [0, 0.05) is 40.3 Å². The van der Waals surface area contributed by atoms with Crippen molar-refractivity contribution >= 4 is 108 Å². The van der Waals surface area contributed by atoms with Gasteiger partial charge in [-0.1, -0.05) is 101 Å². The maximum atomic E-state index is 2.51. The van der Waals surface area contributed by atoms with Gasteiger partial charge in [0.2, 0.25) is 6.71 Å². The van der Waals surface area contributed by atoms with Crippen LogP contribution in [0, 0.1) is 6.92 Å². The summed E-state index contributed by atoms with van der Waals surface area (Å²) in [5, 5.41) is 11.2. The van der Waals surface area contributed by atoms with E-state index in [1.807, 2.05) is 22.7 Å². The molecule has 0 radical (unpaired) electrons. The van der Waals surface area contributed by atoms with Gasteiger partial charge in [-0.25, -0.2) is 0 Å². The van der Waals surface area contributed by atoms with Crippen molar-refractivity contribution in [1.82, 2.24) is 0 Å². The minimum Gasteiger partial charge on any atom is -0.135 e. The third-order valence-corrected chi connectivity index (χ3v) is 12.3. The van der Waals surface area contributed by atoms with Crippen LogP contribution in [-0.4, -0.2) is 6.71 Å². The van der Waals surface area contributed by atoms with Crippen molar-refractivity contribution < 1.29 is 0 Å². The molecule has 0 nitrogen and oxygen atoms in total. The Morgan fingerprint density at radius 1 is 0.452 bits per heavy atom. The van der Waals surface area contributed by atoms with Crippen molar-refractivity contribution in [3.63, 3.8) is 0 Å². The zero-order chi connectivity index (χ0) is 27.3. The van der Waals surface area contributed by atoms with E-state index in [4.69, 9.17) is 0 Å². The lowest BCUT2D eigenvalue weighted by Crippen LogP contribution is -2.57. The van der Waals surface area contributed by atoms with Crippen LogP contribution < -0.4 is 16.4 Å². The van der Waals surface area contributed by atoms with Crippen molar-refractivity contribution in [2.75, 3.05) is 0 Å². The average Bonchev–Trinajstić information content (AvgIpc) is 3.59.